The predicted octanol–water partition coefficient (Wildman–Crippen LogP) is 3.85. The number of primary amides is 1. The highest BCUT2D eigenvalue weighted by Gasteiger charge is 2.14. The van der Waals surface area contributed by atoms with Crippen molar-refractivity contribution in [1.29, 1.82) is 0 Å². The number of carbonyl (C=O) groups is 1. The highest BCUT2D eigenvalue weighted by molar-refractivity contribution is 6.35. The van der Waals surface area contributed by atoms with Gasteiger partial charge in [0.2, 0.25) is 0 Å². The van der Waals surface area contributed by atoms with Gasteiger partial charge in [0.05, 0.1) is 11.6 Å². The number of hydrogen-bond acceptors (Lipinski definition) is 3. The molecule has 0 heterocycles. The van der Waals surface area contributed by atoms with Crippen molar-refractivity contribution in [3.05, 3.63) is 57.6 Å². The van der Waals surface area contributed by atoms with Gasteiger partial charge in [-0.05, 0) is 42.8 Å². The topological polar surface area (TPSA) is 81.1 Å². The van der Waals surface area contributed by atoms with Gasteiger partial charge in [-0.3, -0.25) is 4.79 Å². The molecule has 1 atom stereocenters. The lowest BCUT2D eigenvalue weighted by atomic mass is 10.1. The number of anilines is 2. The van der Waals surface area contributed by atoms with Gasteiger partial charge in [0.25, 0.3) is 5.91 Å². The third-order valence-electron chi connectivity index (χ3n) is 3.11. The molecule has 2 rings (SSSR count). The zero-order chi connectivity index (χ0) is 15.6. The smallest absolute Gasteiger partial charge is 0.250 e. The van der Waals surface area contributed by atoms with Crippen molar-refractivity contribution in [3.8, 4) is 0 Å². The zero-order valence-corrected chi connectivity index (χ0v) is 12.9. The minimum Gasteiger partial charge on any atom is -0.399 e. The molecule has 5 N–H and O–H groups in total. The van der Waals surface area contributed by atoms with Crippen molar-refractivity contribution >= 4 is 40.5 Å². The van der Waals surface area contributed by atoms with Crippen LogP contribution in [0.4, 0.5) is 11.4 Å². The number of amides is 1. The van der Waals surface area contributed by atoms with Crippen LogP contribution in [-0.4, -0.2) is 5.91 Å². The maximum atomic E-state index is 11.5. The number of nitrogens with two attached hydrogens (primary N) is 2. The van der Waals surface area contributed by atoms with Gasteiger partial charge >= 0.3 is 0 Å². The van der Waals surface area contributed by atoms with E-state index in [1.54, 1.807) is 30.3 Å². The van der Waals surface area contributed by atoms with Crippen molar-refractivity contribution in [2.24, 2.45) is 5.73 Å². The SMILES string of the molecule is CC(Nc1ccc(N)cc1C(N)=O)c1ccc(Cl)cc1Cl. The summed E-state index contributed by atoms with van der Waals surface area (Å²) in [6.07, 6.45) is 0. The molecule has 0 spiro atoms. The Balaban J connectivity index is 2.31. The average molecular weight is 324 g/mol. The van der Waals surface area contributed by atoms with Crippen LogP contribution in [0.25, 0.3) is 0 Å². The molecule has 6 heteroatoms. The third-order valence-corrected chi connectivity index (χ3v) is 3.67. The molecule has 110 valence electrons. The molecule has 0 saturated carbocycles. The van der Waals surface area contributed by atoms with Crippen molar-refractivity contribution < 1.29 is 4.79 Å². The van der Waals surface area contributed by atoms with Crippen molar-refractivity contribution in [3.63, 3.8) is 0 Å². The van der Waals surface area contributed by atoms with Crippen LogP contribution in [0.5, 0.6) is 0 Å². The van der Waals surface area contributed by atoms with E-state index in [-0.39, 0.29) is 6.04 Å². The van der Waals surface area contributed by atoms with Gasteiger partial charge < -0.3 is 16.8 Å². The minimum atomic E-state index is -0.542. The third kappa shape index (κ3) is 3.60. The number of nitrogens with one attached hydrogen (secondary N) is 1. The summed E-state index contributed by atoms with van der Waals surface area (Å²) in [5.74, 6) is -0.542. The Labute approximate surface area is 133 Å². The van der Waals surface area contributed by atoms with E-state index in [0.717, 1.165) is 5.56 Å². The number of benzene rings is 2. The second-order valence-corrected chi connectivity index (χ2v) is 5.54. The van der Waals surface area contributed by atoms with Crippen LogP contribution < -0.4 is 16.8 Å². The quantitative estimate of drug-likeness (QED) is 0.747. The summed E-state index contributed by atoms with van der Waals surface area (Å²) >= 11 is 12.1. The van der Waals surface area contributed by atoms with E-state index in [1.807, 2.05) is 13.0 Å². The van der Waals surface area contributed by atoms with Gasteiger partial charge in [-0.15, -0.1) is 0 Å². The first-order chi connectivity index (χ1) is 9.88. The highest BCUT2D eigenvalue weighted by atomic mass is 35.5. The van der Waals surface area contributed by atoms with Crippen molar-refractivity contribution in [2.75, 3.05) is 11.1 Å². The normalized spacial score (nSPS) is 12.0. The molecule has 2 aromatic carbocycles. The van der Waals surface area contributed by atoms with Gasteiger partial charge in [-0.25, -0.2) is 0 Å². The molecule has 4 nitrogen and oxygen atoms in total. The van der Waals surface area contributed by atoms with E-state index in [9.17, 15) is 4.79 Å². The molecule has 0 bridgehead atoms. The molecular formula is C15H15Cl2N3O. The largest absolute Gasteiger partial charge is 0.399 e. The van der Waals surface area contributed by atoms with Gasteiger partial charge in [0.1, 0.15) is 0 Å². The van der Waals surface area contributed by atoms with Crippen LogP contribution in [0.15, 0.2) is 36.4 Å². The molecule has 1 amide bonds. The van der Waals surface area contributed by atoms with Crippen LogP contribution >= 0.6 is 23.2 Å². The first-order valence-corrected chi connectivity index (χ1v) is 7.05. The molecule has 0 aromatic heterocycles. The molecule has 21 heavy (non-hydrogen) atoms. The predicted molar refractivity (Wildman–Crippen MR) is 87.9 cm³/mol. The fraction of sp³-hybridized carbons (Fsp3) is 0.133. The highest BCUT2D eigenvalue weighted by Crippen LogP contribution is 2.30. The van der Waals surface area contributed by atoms with Crippen molar-refractivity contribution in [2.45, 2.75) is 13.0 Å². The second kappa shape index (κ2) is 6.24. The Morgan fingerprint density at radius 3 is 2.52 bits per heavy atom. The first kappa shape index (κ1) is 15.5. The Morgan fingerprint density at radius 2 is 1.90 bits per heavy atom. The van der Waals surface area contributed by atoms with Gasteiger partial charge in [-0.1, -0.05) is 29.3 Å². The summed E-state index contributed by atoms with van der Waals surface area (Å²) in [7, 11) is 0. The van der Waals surface area contributed by atoms with Crippen LogP contribution in [-0.2, 0) is 0 Å². The maximum Gasteiger partial charge on any atom is 0.250 e. The van der Waals surface area contributed by atoms with Gasteiger partial charge in [0.15, 0.2) is 0 Å². The number of halogens is 2. The molecule has 0 fully saturated rings. The first-order valence-electron chi connectivity index (χ1n) is 6.29. The Hall–Kier alpha value is -1.91. The fourth-order valence-electron chi connectivity index (χ4n) is 2.06. The average Bonchev–Trinajstić information content (AvgIpc) is 2.40. The van der Waals surface area contributed by atoms with E-state index >= 15 is 0 Å². The molecule has 0 saturated heterocycles. The molecule has 2 aromatic rings. The van der Waals surface area contributed by atoms with Gasteiger partial charge in [0, 0.05) is 21.4 Å². The summed E-state index contributed by atoms with van der Waals surface area (Å²) in [6.45, 7) is 1.93. The Morgan fingerprint density at radius 1 is 1.19 bits per heavy atom. The van der Waals surface area contributed by atoms with Crippen molar-refractivity contribution in [1.82, 2.24) is 0 Å². The lowest BCUT2D eigenvalue weighted by Crippen LogP contribution is -2.16. The van der Waals surface area contributed by atoms with E-state index in [1.165, 1.54) is 0 Å². The van der Waals surface area contributed by atoms with Crippen LogP contribution in [0.2, 0.25) is 10.0 Å². The zero-order valence-electron chi connectivity index (χ0n) is 11.4. The lowest BCUT2D eigenvalue weighted by molar-refractivity contribution is 0.100. The fourth-order valence-corrected chi connectivity index (χ4v) is 2.63. The van der Waals surface area contributed by atoms with E-state index in [2.05, 4.69) is 5.32 Å². The number of nitrogen functional groups attached to an aromatic ring is 1. The summed E-state index contributed by atoms with van der Waals surface area (Å²) in [5.41, 5.74) is 13.3. The Bertz CT molecular complexity index is 689. The van der Waals surface area contributed by atoms with Crippen LogP contribution in [0.3, 0.4) is 0 Å². The number of carbonyl (C=O) groups excluding carboxylic acids is 1. The van der Waals surface area contributed by atoms with Gasteiger partial charge in [-0.2, -0.15) is 0 Å². The lowest BCUT2D eigenvalue weighted by Gasteiger charge is -2.19. The molecule has 1 unspecified atom stereocenters. The van der Waals surface area contributed by atoms with E-state index in [4.69, 9.17) is 34.7 Å². The molecule has 0 aliphatic rings. The Kier molecular flexibility index (Phi) is 4.60. The van der Waals surface area contributed by atoms with Crippen LogP contribution in [0, 0.1) is 0 Å². The van der Waals surface area contributed by atoms with E-state index in [0.29, 0.717) is 27.0 Å². The summed E-state index contributed by atoms with van der Waals surface area (Å²) in [5, 5.41) is 4.34. The van der Waals surface area contributed by atoms with E-state index < -0.39 is 5.91 Å². The number of rotatable bonds is 4. The molecule has 0 aliphatic heterocycles. The summed E-state index contributed by atoms with van der Waals surface area (Å²) < 4.78 is 0. The molecule has 0 radical (unpaired) electrons. The minimum absolute atomic E-state index is 0.128. The molecular weight excluding hydrogens is 309 g/mol. The standard InChI is InChI=1S/C15H15Cl2N3O/c1-8(11-4-2-9(16)6-13(11)17)20-14-5-3-10(18)7-12(14)15(19)21/h2-8,20H,18H2,1H3,(H2,19,21). The molecule has 0 aliphatic carbocycles. The maximum absolute atomic E-state index is 11.5. The summed E-state index contributed by atoms with van der Waals surface area (Å²) in [4.78, 5) is 11.5. The second-order valence-electron chi connectivity index (χ2n) is 4.70. The monoisotopic (exact) mass is 323 g/mol. The van der Waals surface area contributed by atoms with Crippen LogP contribution in [0.1, 0.15) is 28.9 Å². The summed E-state index contributed by atoms with van der Waals surface area (Å²) in [6, 6.07) is 10.1. The number of hydrogen-bond donors (Lipinski definition) is 3.